The maximum absolute atomic E-state index is 13.7. The minimum Gasteiger partial charge on any atom is -0.318 e. The first kappa shape index (κ1) is 15.5. The van der Waals surface area contributed by atoms with Crippen LogP contribution >= 0.6 is 23.2 Å². The third kappa shape index (κ3) is 3.52. The second-order valence-corrected chi connectivity index (χ2v) is 5.63. The quantitative estimate of drug-likeness (QED) is 0.715. The molecule has 23 heavy (non-hydrogen) atoms. The van der Waals surface area contributed by atoms with Crippen LogP contribution < -0.4 is 5.32 Å². The highest BCUT2D eigenvalue weighted by atomic mass is 35.5. The van der Waals surface area contributed by atoms with Gasteiger partial charge in [-0.2, -0.15) is 5.10 Å². The summed E-state index contributed by atoms with van der Waals surface area (Å²) in [5.41, 5.74) is 1.58. The molecule has 0 unspecified atom stereocenters. The van der Waals surface area contributed by atoms with Crippen molar-refractivity contribution < 1.29 is 9.18 Å². The van der Waals surface area contributed by atoms with Crippen molar-refractivity contribution in [3.8, 4) is 11.3 Å². The van der Waals surface area contributed by atoms with E-state index in [0.717, 1.165) is 11.6 Å². The summed E-state index contributed by atoms with van der Waals surface area (Å²) >= 11 is 11.6. The molecule has 3 rings (SSSR count). The first-order valence-electron chi connectivity index (χ1n) is 6.61. The lowest BCUT2D eigenvalue weighted by atomic mass is 10.1. The van der Waals surface area contributed by atoms with Crippen LogP contribution in [0.2, 0.25) is 10.0 Å². The number of aromatic amines is 1. The summed E-state index contributed by atoms with van der Waals surface area (Å²) < 4.78 is 13.7. The Morgan fingerprint density at radius 2 is 1.87 bits per heavy atom. The monoisotopic (exact) mass is 349 g/mol. The summed E-state index contributed by atoms with van der Waals surface area (Å²) in [6.07, 6.45) is 0. The van der Waals surface area contributed by atoms with Crippen LogP contribution in [-0.4, -0.2) is 16.1 Å². The van der Waals surface area contributed by atoms with Gasteiger partial charge in [-0.1, -0.05) is 35.3 Å². The third-order valence-corrected chi connectivity index (χ3v) is 3.59. The molecule has 0 aliphatic carbocycles. The lowest BCUT2D eigenvalue weighted by Crippen LogP contribution is -2.13. The minimum atomic E-state index is -0.611. The van der Waals surface area contributed by atoms with Gasteiger partial charge in [-0.3, -0.25) is 9.89 Å². The van der Waals surface area contributed by atoms with Gasteiger partial charge >= 0.3 is 0 Å². The summed E-state index contributed by atoms with van der Waals surface area (Å²) in [4.78, 5) is 12.2. The Hall–Kier alpha value is -2.37. The standard InChI is InChI=1S/C16H10Cl2FN3O/c17-10-3-1-2-9(6-10)14-8-15(22-21-14)16(23)20-13-5-4-11(18)7-12(13)19/h1-8H,(H,20,23)(H,21,22). The molecule has 1 heterocycles. The van der Waals surface area contributed by atoms with Crippen LogP contribution in [0.4, 0.5) is 10.1 Å². The number of anilines is 1. The Kier molecular flexibility index (Phi) is 4.32. The summed E-state index contributed by atoms with van der Waals surface area (Å²) in [7, 11) is 0. The topological polar surface area (TPSA) is 57.8 Å². The fourth-order valence-electron chi connectivity index (χ4n) is 2.01. The number of benzene rings is 2. The van der Waals surface area contributed by atoms with E-state index in [9.17, 15) is 9.18 Å². The van der Waals surface area contributed by atoms with E-state index in [1.165, 1.54) is 12.1 Å². The van der Waals surface area contributed by atoms with E-state index in [4.69, 9.17) is 23.2 Å². The van der Waals surface area contributed by atoms with Crippen molar-refractivity contribution in [3.05, 3.63) is 70.1 Å². The maximum atomic E-state index is 13.7. The van der Waals surface area contributed by atoms with Crippen molar-refractivity contribution in [2.45, 2.75) is 0 Å². The van der Waals surface area contributed by atoms with Gasteiger partial charge in [-0.05, 0) is 36.4 Å². The molecule has 0 saturated carbocycles. The number of aromatic nitrogens is 2. The number of hydrogen-bond acceptors (Lipinski definition) is 2. The van der Waals surface area contributed by atoms with Crippen molar-refractivity contribution in [1.82, 2.24) is 10.2 Å². The zero-order valence-electron chi connectivity index (χ0n) is 11.6. The molecule has 0 atom stereocenters. The molecule has 2 N–H and O–H groups in total. The van der Waals surface area contributed by atoms with E-state index >= 15 is 0 Å². The summed E-state index contributed by atoms with van der Waals surface area (Å²) in [5, 5.41) is 9.97. The van der Waals surface area contributed by atoms with Crippen LogP contribution in [0.15, 0.2) is 48.5 Å². The summed E-state index contributed by atoms with van der Waals surface area (Å²) in [5.74, 6) is -1.12. The Morgan fingerprint density at radius 1 is 1.09 bits per heavy atom. The number of hydrogen-bond donors (Lipinski definition) is 2. The van der Waals surface area contributed by atoms with E-state index in [1.807, 2.05) is 6.07 Å². The molecule has 116 valence electrons. The van der Waals surface area contributed by atoms with Crippen LogP contribution in [0, 0.1) is 5.82 Å². The number of nitrogens with zero attached hydrogens (tertiary/aromatic N) is 1. The minimum absolute atomic E-state index is 0.0401. The zero-order valence-corrected chi connectivity index (χ0v) is 13.1. The van der Waals surface area contributed by atoms with Gasteiger partial charge in [-0.25, -0.2) is 4.39 Å². The second kappa shape index (κ2) is 6.40. The SMILES string of the molecule is O=C(Nc1ccc(Cl)cc1F)c1cc(-c2cccc(Cl)c2)n[nH]1. The molecule has 0 aliphatic heterocycles. The predicted octanol–water partition coefficient (Wildman–Crippen LogP) is 4.77. The van der Waals surface area contributed by atoms with Gasteiger partial charge in [0.05, 0.1) is 11.4 Å². The summed E-state index contributed by atoms with van der Waals surface area (Å²) in [6, 6.07) is 12.7. The average molecular weight is 350 g/mol. The molecule has 2 aromatic carbocycles. The van der Waals surface area contributed by atoms with Crippen molar-refractivity contribution in [2.75, 3.05) is 5.32 Å². The third-order valence-electron chi connectivity index (χ3n) is 3.12. The van der Waals surface area contributed by atoms with Gasteiger partial charge in [0, 0.05) is 15.6 Å². The Balaban J connectivity index is 1.81. The fraction of sp³-hybridized carbons (Fsp3) is 0. The van der Waals surface area contributed by atoms with Crippen molar-refractivity contribution in [2.24, 2.45) is 0 Å². The molecule has 1 aromatic heterocycles. The number of carbonyl (C=O) groups excluding carboxylic acids is 1. The first-order chi connectivity index (χ1) is 11.0. The number of rotatable bonds is 3. The van der Waals surface area contributed by atoms with Crippen LogP contribution in [-0.2, 0) is 0 Å². The highest BCUT2D eigenvalue weighted by Crippen LogP contribution is 2.23. The molecule has 4 nitrogen and oxygen atoms in total. The molecular weight excluding hydrogens is 340 g/mol. The van der Waals surface area contributed by atoms with Gasteiger partial charge in [0.25, 0.3) is 5.91 Å². The van der Waals surface area contributed by atoms with E-state index < -0.39 is 11.7 Å². The fourth-order valence-corrected chi connectivity index (χ4v) is 2.36. The number of nitrogens with one attached hydrogen (secondary N) is 2. The lowest BCUT2D eigenvalue weighted by Gasteiger charge is -2.04. The number of halogens is 3. The van der Waals surface area contributed by atoms with Gasteiger partial charge in [0.1, 0.15) is 11.5 Å². The summed E-state index contributed by atoms with van der Waals surface area (Å²) in [6.45, 7) is 0. The number of H-pyrrole nitrogens is 1. The predicted molar refractivity (Wildman–Crippen MR) is 88.4 cm³/mol. The molecule has 0 radical (unpaired) electrons. The zero-order chi connectivity index (χ0) is 16.4. The molecule has 0 aliphatic rings. The Morgan fingerprint density at radius 3 is 2.61 bits per heavy atom. The lowest BCUT2D eigenvalue weighted by molar-refractivity contribution is 0.102. The van der Waals surface area contributed by atoms with Crippen LogP contribution in [0.25, 0.3) is 11.3 Å². The largest absolute Gasteiger partial charge is 0.318 e. The van der Waals surface area contributed by atoms with Gasteiger partial charge in [0.2, 0.25) is 0 Å². The van der Waals surface area contributed by atoms with Gasteiger partial charge < -0.3 is 5.32 Å². The normalized spacial score (nSPS) is 10.6. The smallest absolute Gasteiger partial charge is 0.273 e. The number of amides is 1. The Bertz CT molecular complexity index is 879. The Labute approximate surface area is 141 Å². The van der Waals surface area contributed by atoms with Crippen LogP contribution in [0.1, 0.15) is 10.5 Å². The highest BCUT2D eigenvalue weighted by molar-refractivity contribution is 6.31. The first-order valence-corrected chi connectivity index (χ1v) is 7.36. The molecule has 0 bridgehead atoms. The van der Waals surface area contributed by atoms with Crippen LogP contribution in [0.3, 0.4) is 0 Å². The molecule has 3 aromatic rings. The van der Waals surface area contributed by atoms with E-state index in [1.54, 1.807) is 24.3 Å². The second-order valence-electron chi connectivity index (χ2n) is 4.76. The van der Waals surface area contributed by atoms with Crippen molar-refractivity contribution in [1.29, 1.82) is 0 Å². The maximum Gasteiger partial charge on any atom is 0.273 e. The van der Waals surface area contributed by atoms with Crippen molar-refractivity contribution >= 4 is 34.8 Å². The highest BCUT2D eigenvalue weighted by Gasteiger charge is 2.13. The molecule has 0 fully saturated rings. The van der Waals surface area contributed by atoms with E-state index in [-0.39, 0.29) is 16.4 Å². The molecular formula is C16H10Cl2FN3O. The molecule has 1 amide bonds. The average Bonchev–Trinajstić information content (AvgIpc) is 3.00. The van der Waals surface area contributed by atoms with Gasteiger partial charge in [0.15, 0.2) is 0 Å². The molecule has 0 saturated heterocycles. The van der Waals surface area contributed by atoms with Gasteiger partial charge in [-0.15, -0.1) is 0 Å². The molecule has 7 heteroatoms. The van der Waals surface area contributed by atoms with Crippen LogP contribution in [0.5, 0.6) is 0 Å². The van der Waals surface area contributed by atoms with Crippen molar-refractivity contribution in [3.63, 3.8) is 0 Å². The van der Waals surface area contributed by atoms with E-state index in [2.05, 4.69) is 15.5 Å². The van der Waals surface area contributed by atoms with E-state index in [0.29, 0.717) is 10.7 Å². The number of carbonyl (C=O) groups is 1. The molecule has 0 spiro atoms.